The van der Waals surface area contributed by atoms with E-state index in [0.717, 1.165) is 10.6 Å². The van der Waals surface area contributed by atoms with Crippen molar-refractivity contribution in [3.8, 4) is 11.8 Å². The number of aliphatic hydroxyl groups is 2. The van der Waals surface area contributed by atoms with Gasteiger partial charge in [0.1, 0.15) is 23.1 Å². The van der Waals surface area contributed by atoms with Crippen LogP contribution in [0.1, 0.15) is 34.8 Å². The van der Waals surface area contributed by atoms with Crippen LogP contribution in [0.4, 0.5) is 5.69 Å². The molecular weight excluding hydrogens is 400 g/mol. The average Bonchev–Trinajstić information content (AvgIpc) is 2.98. The molecule has 7 nitrogen and oxygen atoms in total. The van der Waals surface area contributed by atoms with Gasteiger partial charge in [0.05, 0.1) is 34.5 Å². The fourth-order valence-corrected chi connectivity index (χ4v) is 5.60. The zero-order valence-corrected chi connectivity index (χ0v) is 17.7. The Morgan fingerprint density at radius 2 is 2.17 bits per heavy atom. The summed E-state index contributed by atoms with van der Waals surface area (Å²) in [5, 5.41) is 24.4. The summed E-state index contributed by atoms with van der Waals surface area (Å²) in [6, 6.07) is 5.42. The smallest absolute Gasteiger partial charge is 0.163 e. The summed E-state index contributed by atoms with van der Waals surface area (Å²) in [6.07, 6.45) is 0.0825. The average molecular weight is 423 g/mol. The van der Waals surface area contributed by atoms with Gasteiger partial charge in [-0.1, -0.05) is 0 Å². The number of Topliss-reactive ketones (excluding diaryl/α,β-unsaturated/α-hetero) is 1. The van der Waals surface area contributed by atoms with E-state index in [1.54, 1.807) is 22.2 Å². The number of imidazole rings is 1. The maximum Gasteiger partial charge on any atom is 0.163 e. The number of aryl methyl sites for hydroxylation is 1. The molecule has 0 aliphatic heterocycles. The fraction of sp³-hybridized carbons (Fsp3) is 0.409. The number of nitrogens with one attached hydrogen (secondary N) is 1. The van der Waals surface area contributed by atoms with E-state index in [0.29, 0.717) is 23.3 Å². The lowest BCUT2D eigenvalue weighted by atomic mass is 9.95. The molecule has 2 fully saturated rings. The second-order valence-corrected chi connectivity index (χ2v) is 9.41. The molecule has 2 aliphatic carbocycles. The Hall–Kier alpha value is -2.73. The van der Waals surface area contributed by atoms with Crippen molar-refractivity contribution in [1.29, 1.82) is 0 Å². The standard InChI is InChI=1S/C22H22N4O3S/c1-11-4-6-14(30-11)7-5-13-8-16(23-3)17-21(25-13)26(10-24-17)18-15-9-22(15,12(2)27)20(29)19(18)28/h4,6,8,10,15,18-20,28-29H,9H2,1-3H3,(H,23,25)/t15?,18-,19+,20+,22-/m1/s1. The van der Waals surface area contributed by atoms with E-state index < -0.39 is 23.7 Å². The zero-order valence-electron chi connectivity index (χ0n) is 16.9. The molecule has 3 aromatic heterocycles. The largest absolute Gasteiger partial charge is 0.389 e. The Kier molecular flexibility index (Phi) is 4.26. The lowest BCUT2D eigenvalue weighted by molar-refractivity contribution is -0.128. The van der Waals surface area contributed by atoms with E-state index in [2.05, 4.69) is 22.1 Å². The number of nitrogens with zero attached hydrogens (tertiary/aromatic N) is 3. The highest BCUT2D eigenvalue weighted by atomic mass is 32.1. The van der Waals surface area contributed by atoms with Crippen molar-refractivity contribution in [2.24, 2.45) is 11.3 Å². The zero-order chi connectivity index (χ0) is 21.2. The van der Waals surface area contributed by atoms with Gasteiger partial charge in [0, 0.05) is 11.9 Å². The summed E-state index contributed by atoms with van der Waals surface area (Å²) in [5.74, 6) is 6.07. The molecule has 2 saturated carbocycles. The van der Waals surface area contributed by atoms with Crippen molar-refractivity contribution in [2.75, 3.05) is 12.4 Å². The van der Waals surface area contributed by atoms with Gasteiger partial charge in [-0.15, -0.1) is 11.3 Å². The number of carbonyl (C=O) groups excluding carboxylic acids is 1. The van der Waals surface area contributed by atoms with Crippen LogP contribution in [0.2, 0.25) is 0 Å². The number of aromatic nitrogens is 3. The number of rotatable bonds is 3. The molecule has 0 saturated heterocycles. The second-order valence-electron chi connectivity index (χ2n) is 8.12. The number of ketones is 1. The normalized spacial score (nSPS) is 29.4. The summed E-state index contributed by atoms with van der Waals surface area (Å²) in [5.41, 5.74) is 1.77. The van der Waals surface area contributed by atoms with E-state index in [4.69, 9.17) is 4.98 Å². The van der Waals surface area contributed by atoms with Gasteiger partial charge in [0.25, 0.3) is 0 Å². The van der Waals surface area contributed by atoms with Crippen LogP contribution in [-0.4, -0.2) is 49.8 Å². The molecule has 0 spiro atoms. The quantitative estimate of drug-likeness (QED) is 0.559. The van der Waals surface area contributed by atoms with Crippen molar-refractivity contribution >= 4 is 34.0 Å². The fourth-order valence-electron chi connectivity index (χ4n) is 4.88. The predicted molar refractivity (Wildman–Crippen MR) is 114 cm³/mol. The minimum absolute atomic E-state index is 0.0763. The van der Waals surface area contributed by atoms with Crippen LogP contribution in [0.5, 0.6) is 0 Å². The van der Waals surface area contributed by atoms with Crippen LogP contribution < -0.4 is 5.32 Å². The van der Waals surface area contributed by atoms with Crippen LogP contribution in [0, 0.1) is 30.1 Å². The lowest BCUT2D eigenvalue weighted by Gasteiger charge is -2.23. The second kappa shape index (κ2) is 6.64. The summed E-state index contributed by atoms with van der Waals surface area (Å²) >= 11 is 1.63. The first-order valence-corrected chi connectivity index (χ1v) is 10.7. The van der Waals surface area contributed by atoms with E-state index in [1.165, 1.54) is 11.8 Å². The third-order valence-electron chi connectivity index (χ3n) is 6.50. The maximum absolute atomic E-state index is 12.2. The SMILES string of the molecule is CNc1cc(C#Cc2ccc(C)s2)nc2c1ncn2[C@@H]1C2C[C@]2(C(C)=O)[C@@H](O)[C@H]1O. The number of fused-ring (bicyclic) bond motifs is 2. The Morgan fingerprint density at radius 3 is 2.80 bits per heavy atom. The first kappa shape index (κ1) is 19.2. The molecule has 1 unspecified atom stereocenters. The van der Waals surface area contributed by atoms with Crippen molar-refractivity contribution in [2.45, 2.75) is 38.5 Å². The van der Waals surface area contributed by atoms with Crippen LogP contribution in [0.3, 0.4) is 0 Å². The van der Waals surface area contributed by atoms with E-state index >= 15 is 0 Å². The van der Waals surface area contributed by atoms with E-state index in [-0.39, 0.29) is 11.7 Å². The van der Waals surface area contributed by atoms with E-state index in [9.17, 15) is 15.0 Å². The van der Waals surface area contributed by atoms with Crippen LogP contribution in [0.25, 0.3) is 11.2 Å². The van der Waals surface area contributed by atoms with Gasteiger partial charge in [-0.3, -0.25) is 4.79 Å². The lowest BCUT2D eigenvalue weighted by Crippen LogP contribution is -2.36. The van der Waals surface area contributed by atoms with Gasteiger partial charge in [-0.25, -0.2) is 9.97 Å². The van der Waals surface area contributed by atoms with Crippen LogP contribution in [0.15, 0.2) is 24.5 Å². The molecule has 5 atom stereocenters. The summed E-state index contributed by atoms with van der Waals surface area (Å²) in [6.45, 7) is 3.53. The van der Waals surface area contributed by atoms with Gasteiger partial charge in [-0.2, -0.15) is 0 Å². The van der Waals surface area contributed by atoms with Crippen molar-refractivity contribution in [3.63, 3.8) is 0 Å². The predicted octanol–water partition coefficient (Wildman–Crippen LogP) is 2.11. The van der Waals surface area contributed by atoms with Crippen LogP contribution >= 0.6 is 11.3 Å². The van der Waals surface area contributed by atoms with Gasteiger partial charge in [0.15, 0.2) is 5.65 Å². The monoisotopic (exact) mass is 422 g/mol. The summed E-state index contributed by atoms with van der Waals surface area (Å²) in [4.78, 5) is 23.5. The first-order chi connectivity index (χ1) is 14.4. The van der Waals surface area contributed by atoms with Gasteiger partial charge in [-0.05, 0) is 56.2 Å². The van der Waals surface area contributed by atoms with Gasteiger partial charge >= 0.3 is 0 Å². The molecule has 2 aliphatic rings. The molecule has 8 heteroatoms. The topological polar surface area (TPSA) is 100 Å². The maximum atomic E-state index is 12.2. The molecular formula is C22H22N4O3S. The minimum Gasteiger partial charge on any atom is -0.389 e. The molecule has 3 aromatic rings. The van der Waals surface area contributed by atoms with E-state index in [1.807, 2.05) is 32.2 Å². The first-order valence-electron chi connectivity index (χ1n) is 9.87. The minimum atomic E-state index is -1.07. The van der Waals surface area contributed by atoms with Crippen molar-refractivity contribution in [1.82, 2.24) is 14.5 Å². The molecule has 30 heavy (non-hydrogen) atoms. The number of hydrogen-bond donors (Lipinski definition) is 3. The number of pyridine rings is 1. The van der Waals surface area contributed by atoms with Gasteiger partial charge < -0.3 is 20.1 Å². The Labute approximate surface area is 177 Å². The van der Waals surface area contributed by atoms with Gasteiger partial charge in [0.2, 0.25) is 0 Å². The van der Waals surface area contributed by atoms with Crippen LogP contribution in [-0.2, 0) is 4.79 Å². The molecule has 154 valence electrons. The number of hydrogen-bond acceptors (Lipinski definition) is 7. The van der Waals surface area contributed by atoms with Crippen molar-refractivity contribution in [3.05, 3.63) is 40.0 Å². The summed E-state index contributed by atoms with van der Waals surface area (Å²) < 4.78 is 1.80. The highest BCUT2D eigenvalue weighted by Crippen LogP contribution is 2.68. The number of carbonyl (C=O) groups is 1. The summed E-state index contributed by atoms with van der Waals surface area (Å²) in [7, 11) is 1.81. The molecule has 3 heterocycles. The Morgan fingerprint density at radius 1 is 1.37 bits per heavy atom. The number of aliphatic hydroxyl groups excluding tert-OH is 2. The highest BCUT2D eigenvalue weighted by molar-refractivity contribution is 7.12. The molecule has 0 radical (unpaired) electrons. The Bertz CT molecular complexity index is 1240. The Balaban J connectivity index is 1.59. The number of thiophene rings is 1. The number of anilines is 1. The van der Waals surface area contributed by atoms with Crippen molar-refractivity contribution < 1.29 is 15.0 Å². The molecule has 3 N–H and O–H groups in total. The molecule has 0 aromatic carbocycles. The highest BCUT2D eigenvalue weighted by Gasteiger charge is 2.74. The third kappa shape index (κ3) is 2.63. The molecule has 5 rings (SSSR count). The molecule has 0 bridgehead atoms. The third-order valence-corrected chi connectivity index (χ3v) is 7.42. The molecule has 0 amide bonds.